The quantitative estimate of drug-likeness (QED) is 0.0261. The number of carbonyl (C=O) groups excluding carboxylic acids is 3. The fourth-order valence-corrected chi connectivity index (χ4v) is 9.02. The van der Waals surface area contributed by atoms with Crippen LogP contribution in [0, 0.1) is 0 Å². The van der Waals surface area contributed by atoms with Crippen molar-refractivity contribution >= 4 is 17.9 Å². The van der Waals surface area contributed by atoms with E-state index in [1.165, 1.54) is 167 Å². The van der Waals surface area contributed by atoms with Crippen molar-refractivity contribution in [2.75, 3.05) is 13.2 Å². The highest BCUT2D eigenvalue weighted by molar-refractivity contribution is 5.71. The van der Waals surface area contributed by atoms with Gasteiger partial charge in [0.25, 0.3) is 0 Å². The Morgan fingerprint density at radius 2 is 0.532 bits per heavy atom. The van der Waals surface area contributed by atoms with Crippen molar-refractivity contribution in [3.05, 3.63) is 109 Å². The minimum atomic E-state index is -0.838. The first-order valence-corrected chi connectivity index (χ1v) is 32.4. The van der Waals surface area contributed by atoms with Crippen LogP contribution in [0.25, 0.3) is 0 Å². The van der Waals surface area contributed by atoms with Crippen molar-refractivity contribution in [2.24, 2.45) is 0 Å². The normalized spacial score (nSPS) is 12.8. The first-order valence-electron chi connectivity index (χ1n) is 32.4. The summed E-state index contributed by atoms with van der Waals surface area (Å²) in [6, 6.07) is 0. The van der Waals surface area contributed by atoms with E-state index in [0.29, 0.717) is 19.3 Å². The molecule has 0 radical (unpaired) electrons. The van der Waals surface area contributed by atoms with E-state index in [4.69, 9.17) is 14.2 Å². The molecule has 0 heterocycles. The summed E-state index contributed by atoms with van der Waals surface area (Å²) in [5.41, 5.74) is 0. The number of ether oxygens (including phenoxy) is 3. The van der Waals surface area contributed by atoms with Crippen LogP contribution < -0.4 is 0 Å². The van der Waals surface area contributed by atoms with Crippen LogP contribution in [0.3, 0.4) is 0 Å². The molecule has 0 aliphatic carbocycles. The van der Waals surface area contributed by atoms with E-state index in [1.807, 2.05) is 12.2 Å². The highest BCUT2D eigenvalue weighted by atomic mass is 16.6. The lowest BCUT2D eigenvalue weighted by Crippen LogP contribution is -2.30. The summed E-state index contributed by atoms with van der Waals surface area (Å²) < 4.78 is 16.8. The van der Waals surface area contributed by atoms with Gasteiger partial charge in [-0.2, -0.15) is 0 Å². The molecule has 0 N–H and O–H groups in total. The molecule has 6 heteroatoms. The van der Waals surface area contributed by atoms with Gasteiger partial charge in [-0.05, 0) is 83.5 Å². The highest BCUT2D eigenvalue weighted by Crippen LogP contribution is 2.17. The summed E-state index contributed by atoms with van der Waals surface area (Å²) in [7, 11) is 0. The van der Waals surface area contributed by atoms with Gasteiger partial charge < -0.3 is 14.2 Å². The van der Waals surface area contributed by atoms with Crippen molar-refractivity contribution in [3.8, 4) is 0 Å². The predicted molar refractivity (Wildman–Crippen MR) is 334 cm³/mol. The van der Waals surface area contributed by atoms with Gasteiger partial charge in [0.2, 0.25) is 0 Å². The van der Waals surface area contributed by atoms with Gasteiger partial charge in [0.1, 0.15) is 13.2 Å². The maximum atomic E-state index is 12.8. The van der Waals surface area contributed by atoms with E-state index < -0.39 is 6.10 Å². The third kappa shape index (κ3) is 62.8. The van der Waals surface area contributed by atoms with Gasteiger partial charge >= 0.3 is 17.9 Å². The van der Waals surface area contributed by atoms with E-state index in [1.54, 1.807) is 0 Å². The van der Waals surface area contributed by atoms with Gasteiger partial charge in [-0.1, -0.05) is 310 Å². The van der Waals surface area contributed by atoms with E-state index in [9.17, 15) is 14.4 Å². The third-order valence-corrected chi connectivity index (χ3v) is 13.8. The zero-order chi connectivity index (χ0) is 55.7. The number of hydrogen-bond donors (Lipinski definition) is 0. The maximum absolute atomic E-state index is 12.8. The van der Waals surface area contributed by atoms with Crippen LogP contribution in [-0.4, -0.2) is 37.2 Å². The number of esters is 3. The molecule has 0 rings (SSSR count). The molecule has 0 spiro atoms. The zero-order valence-corrected chi connectivity index (χ0v) is 50.4. The van der Waals surface area contributed by atoms with E-state index in [-0.39, 0.29) is 44.0 Å². The lowest BCUT2D eigenvalue weighted by molar-refractivity contribution is -0.166. The van der Waals surface area contributed by atoms with E-state index >= 15 is 0 Å². The molecule has 0 bridgehead atoms. The van der Waals surface area contributed by atoms with E-state index in [0.717, 1.165) is 83.5 Å². The highest BCUT2D eigenvalue weighted by Gasteiger charge is 2.19. The Hall–Kier alpha value is -3.93. The second kappa shape index (κ2) is 64.6. The zero-order valence-electron chi connectivity index (χ0n) is 50.4. The second-order valence-corrected chi connectivity index (χ2v) is 21.3. The molecule has 0 saturated carbocycles. The Morgan fingerprint density at radius 1 is 0.273 bits per heavy atom. The summed E-state index contributed by atoms with van der Waals surface area (Å²) >= 11 is 0. The lowest BCUT2D eigenvalue weighted by Gasteiger charge is -2.18. The molecule has 0 aromatic rings. The average molecular weight is 1070 g/mol. The molecule has 440 valence electrons. The molecule has 6 nitrogen and oxygen atoms in total. The Kier molecular flexibility index (Phi) is 61.3. The fraction of sp³-hybridized carbons (Fsp3) is 0.704. The molecule has 1 atom stereocenters. The molecule has 0 amide bonds. The Morgan fingerprint density at radius 3 is 0.857 bits per heavy atom. The minimum Gasteiger partial charge on any atom is -0.462 e. The smallest absolute Gasteiger partial charge is 0.306 e. The summed E-state index contributed by atoms with van der Waals surface area (Å²) in [6.45, 7) is 6.32. The number of rotatable bonds is 58. The molecule has 0 saturated heterocycles. The van der Waals surface area contributed by atoms with Gasteiger partial charge in [-0.25, -0.2) is 0 Å². The van der Waals surface area contributed by atoms with Crippen molar-refractivity contribution in [2.45, 2.75) is 309 Å². The number of carbonyl (C=O) groups is 3. The molecule has 1 unspecified atom stereocenters. The molecule has 0 fully saturated rings. The van der Waals surface area contributed by atoms with Crippen LogP contribution in [0.1, 0.15) is 303 Å². The monoisotopic (exact) mass is 1070 g/mol. The predicted octanol–water partition coefficient (Wildman–Crippen LogP) is 22.2. The summed E-state index contributed by atoms with van der Waals surface area (Å²) in [5.74, 6) is -1.06. The molecule has 0 aliphatic rings. The van der Waals surface area contributed by atoms with Crippen LogP contribution in [-0.2, 0) is 28.6 Å². The number of allylic oxidation sites excluding steroid dienone is 18. The number of hydrogen-bond acceptors (Lipinski definition) is 6. The van der Waals surface area contributed by atoms with Crippen LogP contribution in [0.15, 0.2) is 109 Å². The van der Waals surface area contributed by atoms with Crippen LogP contribution in [0.4, 0.5) is 0 Å². The van der Waals surface area contributed by atoms with Gasteiger partial charge in [0.05, 0.1) is 0 Å². The van der Waals surface area contributed by atoms with Crippen molar-refractivity contribution in [1.29, 1.82) is 0 Å². The molecular weight excluding hydrogens is 949 g/mol. The minimum absolute atomic E-state index is 0.122. The fourth-order valence-electron chi connectivity index (χ4n) is 9.02. The average Bonchev–Trinajstić information content (AvgIpc) is 3.43. The first kappa shape index (κ1) is 73.1. The molecule has 77 heavy (non-hydrogen) atoms. The van der Waals surface area contributed by atoms with Gasteiger partial charge in [0, 0.05) is 19.3 Å². The van der Waals surface area contributed by atoms with Crippen molar-refractivity contribution < 1.29 is 28.6 Å². The van der Waals surface area contributed by atoms with Crippen LogP contribution in [0.5, 0.6) is 0 Å². The van der Waals surface area contributed by atoms with Crippen LogP contribution >= 0.6 is 0 Å². The molecule has 0 aromatic carbocycles. The van der Waals surface area contributed by atoms with Crippen LogP contribution in [0.2, 0.25) is 0 Å². The standard InChI is InChI=1S/C71H120O6/c1-4-7-10-13-16-19-22-25-27-29-30-31-32-33-34-35-36-37-38-39-40-42-43-46-49-52-55-58-61-64-70(73)76-67-68(66-75-69(72)63-60-57-54-51-48-45-24-21-18-15-12-9-6-3)77-71(74)65-62-59-56-53-50-47-44-41-28-26-23-20-17-14-11-8-5-2/h8-9,11-12,17-18,20-21,26,28,44-45,47-48,53-54,56-57,68H,4-7,10,13-16,19,22-25,27,29-43,46,49-52,55,58-67H2,1-3H3/b11-8-,12-9-,20-17-,21-18-,28-26-,47-44-,48-45-,56-53-,57-54-. The largest absolute Gasteiger partial charge is 0.462 e. The topological polar surface area (TPSA) is 78.9 Å². The maximum Gasteiger partial charge on any atom is 0.306 e. The Labute approximate surface area is 476 Å². The molecule has 0 aromatic heterocycles. The van der Waals surface area contributed by atoms with Gasteiger partial charge in [0.15, 0.2) is 6.10 Å². The Balaban J connectivity index is 4.29. The van der Waals surface area contributed by atoms with Crippen molar-refractivity contribution in [3.63, 3.8) is 0 Å². The lowest BCUT2D eigenvalue weighted by atomic mass is 10.0. The first-order chi connectivity index (χ1) is 38.0. The van der Waals surface area contributed by atoms with E-state index in [2.05, 4.69) is 118 Å². The number of unbranched alkanes of at least 4 members (excludes halogenated alkanes) is 29. The van der Waals surface area contributed by atoms with Gasteiger partial charge in [-0.15, -0.1) is 0 Å². The second-order valence-electron chi connectivity index (χ2n) is 21.3. The third-order valence-electron chi connectivity index (χ3n) is 13.8. The SMILES string of the molecule is CC/C=C\C/C=C\C/C=C\C/C=C\C/C=C\CCCC(=O)OC(COC(=O)CC/C=C\C/C=C\C/C=C\C/C=C\CC)COC(=O)CCCCCCCCCCCCCCCCCCCCCCCCCCCCCCC. The Bertz CT molecular complexity index is 1560. The molecular formula is C71H120O6. The summed E-state index contributed by atoms with van der Waals surface area (Å²) in [4.78, 5) is 38.2. The molecule has 0 aliphatic heterocycles. The van der Waals surface area contributed by atoms with Gasteiger partial charge in [-0.3, -0.25) is 14.4 Å². The summed E-state index contributed by atoms with van der Waals surface area (Å²) in [6.07, 6.45) is 88.6. The van der Waals surface area contributed by atoms with Crippen molar-refractivity contribution in [1.82, 2.24) is 0 Å². The summed E-state index contributed by atoms with van der Waals surface area (Å²) in [5, 5.41) is 0.